The van der Waals surface area contributed by atoms with Gasteiger partial charge in [0, 0.05) is 28.9 Å². The highest BCUT2D eigenvalue weighted by atomic mass is 16.1. The van der Waals surface area contributed by atoms with Gasteiger partial charge in [0.15, 0.2) is 5.78 Å². The van der Waals surface area contributed by atoms with E-state index < -0.39 is 0 Å². The topological polar surface area (TPSA) is 20.3 Å². The molecule has 5 rings (SSSR count). The molecule has 0 saturated heterocycles. The van der Waals surface area contributed by atoms with Crippen LogP contribution < -0.4 is 4.90 Å². The Balaban J connectivity index is 1.73. The van der Waals surface area contributed by atoms with Crippen molar-refractivity contribution in [2.75, 3.05) is 4.90 Å². The lowest BCUT2D eigenvalue weighted by Gasteiger charge is -2.30. The monoisotopic (exact) mass is 361 g/mol. The molecule has 1 aliphatic rings. The van der Waals surface area contributed by atoms with Gasteiger partial charge in [0.2, 0.25) is 0 Å². The number of ketones is 1. The maximum Gasteiger partial charge on any atom is 0.193 e. The molecule has 2 nitrogen and oxygen atoms in total. The molecule has 4 aromatic carbocycles. The Morgan fingerprint density at radius 2 is 1.14 bits per heavy atom. The molecule has 0 N–H and O–H groups in total. The van der Waals surface area contributed by atoms with Gasteiger partial charge in [0.1, 0.15) is 0 Å². The molecule has 0 fully saturated rings. The van der Waals surface area contributed by atoms with E-state index in [9.17, 15) is 4.79 Å². The summed E-state index contributed by atoms with van der Waals surface area (Å²) < 4.78 is 0. The van der Waals surface area contributed by atoms with Crippen molar-refractivity contribution in [2.45, 2.75) is 6.42 Å². The molecule has 0 aliphatic heterocycles. The number of rotatable bonds is 3. The van der Waals surface area contributed by atoms with Crippen molar-refractivity contribution in [2.24, 2.45) is 0 Å². The van der Waals surface area contributed by atoms with Gasteiger partial charge in [0.05, 0.1) is 5.69 Å². The quantitative estimate of drug-likeness (QED) is 0.376. The van der Waals surface area contributed by atoms with Crippen LogP contribution >= 0.6 is 0 Å². The van der Waals surface area contributed by atoms with Crippen molar-refractivity contribution >= 4 is 22.8 Å². The lowest BCUT2D eigenvalue weighted by Crippen LogP contribution is -2.19. The molecule has 0 aromatic heterocycles. The molecule has 0 bridgehead atoms. The SMILES string of the molecule is O=C1c2ccccc2Cc2c1cccc2N(c1ccccc1)c1ccccc1. The molecule has 0 saturated carbocycles. The maximum atomic E-state index is 13.1. The Morgan fingerprint density at radius 3 is 1.82 bits per heavy atom. The van der Waals surface area contributed by atoms with Crippen molar-refractivity contribution < 1.29 is 4.79 Å². The van der Waals surface area contributed by atoms with E-state index in [2.05, 4.69) is 41.3 Å². The van der Waals surface area contributed by atoms with Gasteiger partial charge in [-0.25, -0.2) is 0 Å². The molecular formula is C26H19NO. The lowest BCUT2D eigenvalue weighted by molar-refractivity contribution is 0.103. The Bertz CT molecular complexity index is 1110. The van der Waals surface area contributed by atoms with E-state index in [4.69, 9.17) is 0 Å². The minimum atomic E-state index is 0.111. The molecule has 0 amide bonds. The van der Waals surface area contributed by atoms with Gasteiger partial charge >= 0.3 is 0 Å². The zero-order valence-corrected chi connectivity index (χ0v) is 15.4. The van der Waals surface area contributed by atoms with Crippen LogP contribution in [0.3, 0.4) is 0 Å². The van der Waals surface area contributed by atoms with Crippen LogP contribution in [-0.2, 0) is 6.42 Å². The highest BCUT2D eigenvalue weighted by Gasteiger charge is 2.27. The normalized spacial score (nSPS) is 12.2. The Morgan fingerprint density at radius 1 is 0.571 bits per heavy atom. The standard InChI is InChI=1S/C26H19NO/c28-26-22-15-8-7-10-19(22)18-24-23(26)16-9-17-25(24)27(20-11-3-1-4-12-20)21-13-5-2-6-14-21/h1-17H,18H2. The van der Waals surface area contributed by atoms with Gasteiger partial charge in [-0.15, -0.1) is 0 Å². The Hall–Kier alpha value is -3.65. The minimum Gasteiger partial charge on any atom is -0.310 e. The third-order valence-electron chi connectivity index (χ3n) is 5.29. The molecule has 134 valence electrons. The van der Waals surface area contributed by atoms with Crippen LogP contribution in [0.2, 0.25) is 0 Å². The maximum absolute atomic E-state index is 13.1. The van der Waals surface area contributed by atoms with E-state index in [0.717, 1.165) is 45.7 Å². The third kappa shape index (κ3) is 2.71. The first-order chi connectivity index (χ1) is 13.8. The van der Waals surface area contributed by atoms with Crippen LogP contribution in [0.25, 0.3) is 0 Å². The minimum absolute atomic E-state index is 0.111. The number of hydrogen-bond acceptors (Lipinski definition) is 2. The first kappa shape index (κ1) is 16.5. The number of nitrogens with zero attached hydrogens (tertiary/aromatic N) is 1. The second-order valence-corrected chi connectivity index (χ2v) is 6.97. The second-order valence-electron chi connectivity index (χ2n) is 6.97. The van der Waals surface area contributed by atoms with E-state index in [-0.39, 0.29) is 5.78 Å². The van der Waals surface area contributed by atoms with Crippen LogP contribution in [0.4, 0.5) is 17.1 Å². The van der Waals surface area contributed by atoms with E-state index >= 15 is 0 Å². The summed E-state index contributed by atoms with van der Waals surface area (Å²) in [6.07, 6.45) is 0.754. The summed E-state index contributed by atoms with van der Waals surface area (Å²) in [5.41, 5.74) is 7.00. The van der Waals surface area contributed by atoms with Crippen molar-refractivity contribution in [1.29, 1.82) is 0 Å². The van der Waals surface area contributed by atoms with E-state index in [1.807, 2.05) is 66.7 Å². The molecule has 1 aliphatic carbocycles. The fourth-order valence-corrected chi connectivity index (χ4v) is 4.00. The molecule has 0 heterocycles. The average molecular weight is 361 g/mol. The van der Waals surface area contributed by atoms with Crippen LogP contribution in [0.1, 0.15) is 27.0 Å². The van der Waals surface area contributed by atoms with Gasteiger partial charge < -0.3 is 4.90 Å². The number of anilines is 3. The number of benzene rings is 4. The molecule has 28 heavy (non-hydrogen) atoms. The lowest BCUT2D eigenvalue weighted by atomic mass is 9.84. The summed E-state index contributed by atoms with van der Waals surface area (Å²) in [6.45, 7) is 0. The van der Waals surface area contributed by atoms with Crippen LogP contribution in [0, 0.1) is 0 Å². The fourth-order valence-electron chi connectivity index (χ4n) is 4.00. The van der Waals surface area contributed by atoms with Crippen molar-refractivity contribution in [3.05, 3.63) is 125 Å². The fraction of sp³-hybridized carbons (Fsp3) is 0.0385. The zero-order valence-electron chi connectivity index (χ0n) is 15.4. The number of carbonyl (C=O) groups is 1. The van der Waals surface area contributed by atoms with Crippen molar-refractivity contribution in [1.82, 2.24) is 0 Å². The van der Waals surface area contributed by atoms with E-state index in [0.29, 0.717) is 0 Å². The largest absolute Gasteiger partial charge is 0.310 e. The second kappa shape index (κ2) is 6.82. The highest BCUT2D eigenvalue weighted by Crippen LogP contribution is 2.40. The summed E-state index contributed by atoms with van der Waals surface area (Å²) in [5, 5.41) is 0. The van der Waals surface area contributed by atoms with Gasteiger partial charge in [-0.2, -0.15) is 0 Å². The Labute approximate surface area is 164 Å². The van der Waals surface area contributed by atoms with Gasteiger partial charge in [0.25, 0.3) is 0 Å². The van der Waals surface area contributed by atoms with Crippen LogP contribution in [0.5, 0.6) is 0 Å². The highest BCUT2D eigenvalue weighted by molar-refractivity contribution is 6.13. The van der Waals surface area contributed by atoms with Crippen LogP contribution in [0.15, 0.2) is 103 Å². The molecule has 0 spiro atoms. The Kier molecular flexibility index (Phi) is 4.02. The number of para-hydroxylation sites is 2. The van der Waals surface area contributed by atoms with Gasteiger partial charge in [-0.3, -0.25) is 4.79 Å². The molecule has 0 radical (unpaired) electrons. The zero-order chi connectivity index (χ0) is 18.9. The first-order valence-corrected chi connectivity index (χ1v) is 9.47. The van der Waals surface area contributed by atoms with Gasteiger partial charge in [-0.05, 0) is 41.5 Å². The summed E-state index contributed by atoms with van der Waals surface area (Å²) in [7, 11) is 0. The molecule has 0 unspecified atom stereocenters. The van der Waals surface area contributed by atoms with E-state index in [1.165, 1.54) is 0 Å². The van der Waals surface area contributed by atoms with Crippen molar-refractivity contribution in [3.8, 4) is 0 Å². The number of hydrogen-bond donors (Lipinski definition) is 0. The average Bonchev–Trinajstić information content (AvgIpc) is 2.76. The molecule has 0 atom stereocenters. The smallest absolute Gasteiger partial charge is 0.193 e. The number of carbonyl (C=O) groups excluding carboxylic acids is 1. The predicted molar refractivity (Wildman–Crippen MR) is 114 cm³/mol. The van der Waals surface area contributed by atoms with E-state index in [1.54, 1.807) is 0 Å². The third-order valence-corrected chi connectivity index (χ3v) is 5.29. The molecule has 2 heteroatoms. The molecule has 4 aromatic rings. The summed E-state index contributed by atoms with van der Waals surface area (Å²) in [5.74, 6) is 0.111. The first-order valence-electron chi connectivity index (χ1n) is 9.47. The van der Waals surface area contributed by atoms with Crippen LogP contribution in [-0.4, -0.2) is 5.78 Å². The van der Waals surface area contributed by atoms with Crippen molar-refractivity contribution in [3.63, 3.8) is 0 Å². The molecular weight excluding hydrogens is 342 g/mol. The summed E-state index contributed by atoms with van der Waals surface area (Å²) in [4.78, 5) is 15.4. The summed E-state index contributed by atoms with van der Waals surface area (Å²) >= 11 is 0. The van der Waals surface area contributed by atoms with Gasteiger partial charge in [-0.1, -0.05) is 72.8 Å². The summed E-state index contributed by atoms with van der Waals surface area (Å²) in [6, 6.07) is 34.6. The number of fused-ring (bicyclic) bond motifs is 2. The predicted octanol–water partition coefficient (Wildman–Crippen LogP) is 6.29.